The van der Waals surface area contributed by atoms with Gasteiger partial charge in [-0.25, -0.2) is 4.79 Å². The van der Waals surface area contributed by atoms with Crippen LogP contribution in [0.25, 0.3) is 0 Å². The molecule has 0 bridgehead atoms. The summed E-state index contributed by atoms with van der Waals surface area (Å²) in [6.45, 7) is 7.37. The zero-order valence-electron chi connectivity index (χ0n) is 11.9. The van der Waals surface area contributed by atoms with Crippen LogP contribution in [0.4, 0.5) is 4.79 Å². The summed E-state index contributed by atoms with van der Waals surface area (Å²) in [4.78, 5) is 36.4. The highest BCUT2D eigenvalue weighted by molar-refractivity contribution is 5.90. The van der Waals surface area contributed by atoms with Crippen LogP contribution in [0.5, 0.6) is 0 Å². The minimum Gasteiger partial charge on any atom is -0.466 e. The number of esters is 1. The predicted molar refractivity (Wildman–Crippen MR) is 67.6 cm³/mol. The van der Waals surface area contributed by atoms with E-state index in [-0.39, 0.29) is 31.9 Å². The number of carbonyl (C=O) groups excluding carboxylic acids is 3. The maximum absolute atomic E-state index is 11.9. The number of ether oxygens (including phenoxy) is 2. The van der Waals surface area contributed by atoms with Crippen LogP contribution in [0, 0.1) is 5.92 Å². The van der Waals surface area contributed by atoms with E-state index in [1.54, 1.807) is 27.7 Å². The van der Waals surface area contributed by atoms with Crippen molar-refractivity contribution in [3.63, 3.8) is 0 Å². The normalized spacial score (nSPS) is 20.1. The van der Waals surface area contributed by atoms with Gasteiger partial charge in [0.05, 0.1) is 19.1 Å². The number of likely N-dealkylation sites (tertiary alicyclic amines) is 1. The monoisotopic (exact) mass is 271 g/mol. The Bertz CT molecular complexity index is 372. The Hall–Kier alpha value is -1.59. The Labute approximate surface area is 113 Å². The number of rotatable bonds is 2. The van der Waals surface area contributed by atoms with E-state index in [2.05, 4.69) is 0 Å². The lowest BCUT2D eigenvalue weighted by Gasteiger charge is -2.32. The number of nitrogens with zero attached hydrogens (tertiary/aromatic N) is 1. The van der Waals surface area contributed by atoms with E-state index in [4.69, 9.17) is 9.47 Å². The van der Waals surface area contributed by atoms with Crippen LogP contribution in [0.15, 0.2) is 0 Å². The molecule has 0 saturated carbocycles. The van der Waals surface area contributed by atoms with Crippen molar-refractivity contribution in [2.75, 3.05) is 19.7 Å². The van der Waals surface area contributed by atoms with Gasteiger partial charge in [0.1, 0.15) is 5.60 Å². The number of carbonyl (C=O) groups is 3. The van der Waals surface area contributed by atoms with Gasteiger partial charge < -0.3 is 9.47 Å². The van der Waals surface area contributed by atoms with Gasteiger partial charge in [0.2, 0.25) is 0 Å². The molecule has 0 aromatic rings. The minimum atomic E-state index is -0.628. The fraction of sp³-hybridized carbons (Fsp3) is 0.769. The van der Waals surface area contributed by atoms with Gasteiger partial charge in [-0.05, 0) is 27.7 Å². The van der Waals surface area contributed by atoms with Gasteiger partial charge in [-0.2, -0.15) is 0 Å². The predicted octanol–water partition coefficient (Wildman–Crippen LogP) is 1.38. The lowest BCUT2D eigenvalue weighted by Crippen LogP contribution is -2.48. The molecular weight excluding hydrogens is 250 g/mol. The summed E-state index contributed by atoms with van der Waals surface area (Å²) in [5.74, 6) is -1.19. The number of Topliss-reactive ketones (excluding diaryl/α,β-unsaturated/α-hetero) is 1. The first-order chi connectivity index (χ1) is 8.73. The molecule has 1 aliphatic rings. The van der Waals surface area contributed by atoms with Gasteiger partial charge in [-0.15, -0.1) is 0 Å². The highest BCUT2D eigenvalue weighted by Gasteiger charge is 2.35. The zero-order valence-corrected chi connectivity index (χ0v) is 11.9. The summed E-state index contributed by atoms with van der Waals surface area (Å²) in [6, 6.07) is 0. The van der Waals surface area contributed by atoms with Crippen LogP contribution in [-0.2, 0) is 19.1 Å². The quantitative estimate of drug-likeness (QED) is 0.709. The van der Waals surface area contributed by atoms with E-state index in [1.807, 2.05) is 0 Å². The van der Waals surface area contributed by atoms with Crippen molar-refractivity contribution >= 4 is 17.8 Å². The first kappa shape index (κ1) is 15.5. The van der Waals surface area contributed by atoms with Crippen molar-refractivity contribution in [3.8, 4) is 0 Å². The molecule has 1 heterocycles. The van der Waals surface area contributed by atoms with Crippen molar-refractivity contribution in [3.05, 3.63) is 0 Å². The molecule has 1 amide bonds. The second kappa shape index (κ2) is 6.04. The molecule has 0 radical (unpaired) electrons. The van der Waals surface area contributed by atoms with Crippen molar-refractivity contribution in [2.45, 2.75) is 39.7 Å². The summed E-state index contributed by atoms with van der Waals surface area (Å²) < 4.78 is 10.1. The molecule has 19 heavy (non-hydrogen) atoms. The van der Waals surface area contributed by atoms with Crippen LogP contribution in [0.3, 0.4) is 0 Å². The fourth-order valence-corrected chi connectivity index (χ4v) is 1.83. The Morgan fingerprint density at radius 1 is 1.37 bits per heavy atom. The molecule has 1 saturated heterocycles. The van der Waals surface area contributed by atoms with Gasteiger partial charge in [0.15, 0.2) is 5.78 Å². The van der Waals surface area contributed by atoms with Crippen LogP contribution in [0.1, 0.15) is 34.1 Å². The molecule has 0 N–H and O–H groups in total. The molecule has 0 spiro atoms. The number of piperidine rings is 1. The van der Waals surface area contributed by atoms with E-state index in [9.17, 15) is 14.4 Å². The van der Waals surface area contributed by atoms with Gasteiger partial charge in [0, 0.05) is 13.0 Å². The summed E-state index contributed by atoms with van der Waals surface area (Å²) in [7, 11) is 0. The number of hydrogen-bond acceptors (Lipinski definition) is 5. The molecule has 1 atom stereocenters. The first-order valence-corrected chi connectivity index (χ1v) is 6.39. The summed E-state index contributed by atoms with van der Waals surface area (Å²) in [5.41, 5.74) is -0.628. The molecular formula is C13H21NO5. The van der Waals surface area contributed by atoms with Crippen molar-refractivity contribution in [1.29, 1.82) is 0 Å². The second-order valence-electron chi connectivity index (χ2n) is 5.55. The standard InChI is InChI=1S/C13H21NO5/c1-5-18-11(16)9-6-10(15)8-14(7-9)12(17)19-13(2,3)4/h9H,5-8H2,1-4H3. The maximum Gasteiger partial charge on any atom is 0.410 e. The lowest BCUT2D eigenvalue weighted by atomic mass is 9.97. The number of hydrogen-bond donors (Lipinski definition) is 0. The summed E-state index contributed by atoms with van der Waals surface area (Å²) in [6.07, 6.45) is -0.451. The van der Waals surface area contributed by atoms with E-state index in [1.165, 1.54) is 4.90 Å². The van der Waals surface area contributed by atoms with Crippen molar-refractivity contribution in [2.24, 2.45) is 5.92 Å². The van der Waals surface area contributed by atoms with E-state index in [0.717, 1.165) is 0 Å². The first-order valence-electron chi connectivity index (χ1n) is 6.39. The van der Waals surface area contributed by atoms with Gasteiger partial charge >= 0.3 is 12.1 Å². The molecule has 0 aliphatic carbocycles. The van der Waals surface area contributed by atoms with Crippen molar-refractivity contribution in [1.82, 2.24) is 4.90 Å². The van der Waals surface area contributed by atoms with Crippen LogP contribution < -0.4 is 0 Å². The molecule has 1 aliphatic heterocycles. The lowest BCUT2D eigenvalue weighted by molar-refractivity contribution is -0.152. The average molecular weight is 271 g/mol. The van der Waals surface area contributed by atoms with Gasteiger partial charge in [-0.1, -0.05) is 0 Å². The summed E-state index contributed by atoms with van der Waals surface area (Å²) in [5, 5.41) is 0. The zero-order chi connectivity index (χ0) is 14.6. The Morgan fingerprint density at radius 3 is 2.53 bits per heavy atom. The smallest absolute Gasteiger partial charge is 0.410 e. The Morgan fingerprint density at radius 2 is 2.00 bits per heavy atom. The largest absolute Gasteiger partial charge is 0.466 e. The molecule has 0 aromatic carbocycles. The van der Waals surface area contributed by atoms with E-state index in [0.29, 0.717) is 0 Å². The van der Waals surface area contributed by atoms with E-state index < -0.39 is 23.6 Å². The van der Waals surface area contributed by atoms with Crippen LogP contribution in [0.2, 0.25) is 0 Å². The topological polar surface area (TPSA) is 72.9 Å². The maximum atomic E-state index is 11.9. The van der Waals surface area contributed by atoms with Gasteiger partial charge in [0.25, 0.3) is 0 Å². The second-order valence-corrected chi connectivity index (χ2v) is 5.55. The third-order valence-corrected chi connectivity index (χ3v) is 2.55. The fourth-order valence-electron chi connectivity index (χ4n) is 1.83. The Kier molecular flexibility index (Phi) is 4.91. The SMILES string of the molecule is CCOC(=O)C1CC(=O)CN(C(=O)OC(C)(C)C)C1. The Balaban J connectivity index is 2.67. The molecule has 1 fully saturated rings. The molecule has 108 valence electrons. The van der Waals surface area contributed by atoms with Crippen LogP contribution >= 0.6 is 0 Å². The number of ketones is 1. The third-order valence-electron chi connectivity index (χ3n) is 2.55. The highest BCUT2D eigenvalue weighted by Crippen LogP contribution is 2.18. The summed E-state index contributed by atoms with van der Waals surface area (Å²) >= 11 is 0. The molecule has 1 unspecified atom stereocenters. The van der Waals surface area contributed by atoms with Gasteiger partial charge in [-0.3, -0.25) is 14.5 Å². The molecule has 0 aromatic heterocycles. The molecule has 1 rings (SSSR count). The highest BCUT2D eigenvalue weighted by atomic mass is 16.6. The number of amides is 1. The van der Waals surface area contributed by atoms with Crippen LogP contribution in [-0.4, -0.2) is 48.0 Å². The molecule has 6 nitrogen and oxygen atoms in total. The molecule has 6 heteroatoms. The van der Waals surface area contributed by atoms with Crippen molar-refractivity contribution < 1.29 is 23.9 Å². The average Bonchev–Trinajstić information content (AvgIpc) is 2.26. The third kappa shape index (κ3) is 4.89. The minimum absolute atomic E-state index is 0.00911. The van der Waals surface area contributed by atoms with E-state index >= 15 is 0 Å².